The average Bonchev–Trinajstić information content (AvgIpc) is 2.49. The number of aromatic nitrogens is 1. The smallest absolute Gasteiger partial charge is 0.409 e. The second-order valence-electron chi connectivity index (χ2n) is 4.99. The first-order valence-electron chi connectivity index (χ1n) is 7.34. The molecule has 0 saturated carbocycles. The van der Waals surface area contributed by atoms with E-state index in [4.69, 9.17) is 4.74 Å². The topological polar surface area (TPSA) is 54.5 Å². The van der Waals surface area contributed by atoms with Crippen LogP contribution < -0.4 is 5.32 Å². The quantitative estimate of drug-likeness (QED) is 0.892. The number of piperidine rings is 1. The van der Waals surface area contributed by atoms with Crippen molar-refractivity contribution in [2.75, 3.05) is 26.2 Å². The predicted molar refractivity (Wildman–Crippen MR) is 77.6 cm³/mol. The van der Waals surface area contributed by atoms with Crippen LogP contribution in [-0.2, 0) is 11.2 Å². The van der Waals surface area contributed by atoms with Crippen molar-refractivity contribution in [3.63, 3.8) is 0 Å². The molecule has 0 spiro atoms. The molecule has 0 aliphatic carbocycles. The number of nitrogens with one attached hydrogen (secondary N) is 1. The molecule has 0 unspecified atom stereocenters. The summed E-state index contributed by atoms with van der Waals surface area (Å²) in [5, 5.41) is 3.54. The van der Waals surface area contributed by atoms with Gasteiger partial charge in [-0.2, -0.15) is 0 Å². The number of nitrogens with zero attached hydrogens (tertiary/aromatic N) is 2. The minimum Gasteiger partial charge on any atom is -0.450 e. The summed E-state index contributed by atoms with van der Waals surface area (Å²) in [7, 11) is 0. The molecule has 0 aromatic carbocycles. The number of carbonyl (C=O) groups is 1. The van der Waals surface area contributed by atoms with E-state index in [9.17, 15) is 4.79 Å². The summed E-state index contributed by atoms with van der Waals surface area (Å²) in [6.45, 7) is 4.77. The minimum absolute atomic E-state index is 0.181. The van der Waals surface area contributed by atoms with Gasteiger partial charge in [-0.25, -0.2) is 4.79 Å². The average molecular weight is 277 g/mol. The molecular weight excluding hydrogens is 254 g/mol. The van der Waals surface area contributed by atoms with Gasteiger partial charge in [-0.3, -0.25) is 4.98 Å². The number of pyridine rings is 1. The Morgan fingerprint density at radius 3 is 2.90 bits per heavy atom. The number of hydrogen-bond donors (Lipinski definition) is 1. The largest absolute Gasteiger partial charge is 0.450 e. The maximum Gasteiger partial charge on any atom is 0.409 e. The molecule has 110 valence electrons. The zero-order valence-corrected chi connectivity index (χ0v) is 12.0. The molecule has 1 aromatic heterocycles. The van der Waals surface area contributed by atoms with Crippen molar-refractivity contribution in [3.05, 3.63) is 30.1 Å². The highest BCUT2D eigenvalue weighted by atomic mass is 16.6. The van der Waals surface area contributed by atoms with E-state index in [1.165, 1.54) is 0 Å². The van der Waals surface area contributed by atoms with Gasteiger partial charge in [-0.05, 0) is 31.9 Å². The molecule has 2 heterocycles. The Kier molecular flexibility index (Phi) is 5.80. The summed E-state index contributed by atoms with van der Waals surface area (Å²) < 4.78 is 5.01. The van der Waals surface area contributed by atoms with Crippen molar-refractivity contribution in [3.8, 4) is 0 Å². The van der Waals surface area contributed by atoms with Crippen LogP contribution in [0.15, 0.2) is 24.4 Å². The Balaban J connectivity index is 1.63. The van der Waals surface area contributed by atoms with E-state index in [1.54, 1.807) is 4.90 Å². The second-order valence-corrected chi connectivity index (χ2v) is 4.99. The summed E-state index contributed by atoms with van der Waals surface area (Å²) in [6.07, 6.45) is 4.56. The Bertz CT molecular complexity index is 403. The van der Waals surface area contributed by atoms with Crippen LogP contribution in [0.5, 0.6) is 0 Å². The molecule has 1 N–H and O–H groups in total. The molecule has 0 atom stereocenters. The highest BCUT2D eigenvalue weighted by molar-refractivity contribution is 5.67. The third kappa shape index (κ3) is 4.49. The first kappa shape index (κ1) is 14.8. The molecule has 1 aliphatic rings. The highest BCUT2D eigenvalue weighted by Gasteiger charge is 2.22. The predicted octanol–water partition coefficient (Wildman–Crippen LogP) is 1.83. The van der Waals surface area contributed by atoms with Gasteiger partial charge in [-0.15, -0.1) is 0 Å². The van der Waals surface area contributed by atoms with Gasteiger partial charge in [0.15, 0.2) is 0 Å². The van der Waals surface area contributed by atoms with Crippen LogP contribution in [0.2, 0.25) is 0 Å². The van der Waals surface area contributed by atoms with Crippen molar-refractivity contribution in [1.29, 1.82) is 0 Å². The van der Waals surface area contributed by atoms with Crippen LogP contribution in [-0.4, -0.2) is 48.3 Å². The maximum atomic E-state index is 11.6. The van der Waals surface area contributed by atoms with E-state index in [2.05, 4.69) is 10.3 Å². The molecule has 20 heavy (non-hydrogen) atoms. The SMILES string of the molecule is CCOC(=O)N1CCC(NCCc2ccccn2)CC1. The summed E-state index contributed by atoms with van der Waals surface area (Å²) in [5.41, 5.74) is 1.11. The summed E-state index contributed by atoms with van der Waals surface area (Å²) in [4.78, 5) is 17.7. The zero-order valence-electron chi connectivity index (χ0n) is 12.0. The Morgan fingerprint density at radius 2 is 2.25 bits per heavy atom. The Hall–Kier alpha value is -1.62. The van der Waals surface area contributed by atoms with Crippen LogP contribution in [0.4, 0.5) is 4.79 Å². The van der Waals surface area contributed by atoms with Crippen molar-refractivity contribution < 1.29 is 9.53 Å². The van der Waals surface area contributed by atoms with E-state index in [0.29, 0.717) is 12.6 Å². The Labute approximate surface area is 120 Å². The standard InChI is InChI=1S/C15H23N3O2/c1-2-20-15(19)18-11-7-14(8-12-18)17-10-6-13-5-3-4-9-16-13/h3-5,9,14,17H,2,6-8,10-12H2,1H3. The number of likely N-dealkylation sites (tertiary alicyclic amines) is 1. The normalized spacial score (nSPS) is 16.1. The van der Waals surface area contributed by atoms with E-state index in [1.807, 2.05) is 31.3 Å². The molecule has 1 aromatic rings. The lowest BCUT2D eigenvalue weighted by atomic mass is 10.1. The first-order chi connectivity index (χ1) is 9.79. The van der Waals surface area contributed by atoms with E-state index in [0.717, 1.165) is 44.6 Å². The van der Waals surface area contributed by atoms with Crippen molar-refractivity contribution in [2.45, 2.75) is 32.2 Å². The lowest BCUT2D eigenvalue weighted by Gasteiger charge is -2.31. The molecule has 1 saturated heterocycles. The van der Waals surface area contributed by atoms with Gasteiger partial charge in [0.25, 0.3) is 0 Å². The van der Waals surface area contributed by atoms with Crippen LogP contribution >= 0.6 is 0 Å². The van der Waals surface area contributed by atoms with Gasteiger partial charge in [-0.1, -0.05) is 6.07 Å². The monoisotopic (exact) mass is 277 g/mol. The number of carbonyl (C=O) groups excluding carboxylic acids is 1. The number of rotatable bonds is 5. The summed E-state index contributed by atoms with van der Waals surface area (Å²) in [5.74, 6) is 0. The van der Waals surface area contributed by atoms with Crippen LogP contribution in [0.3, 0.4) is 0 Å². The third-order valence-corrected chi connectivity index (χ3v) is 3.56. The van der Waals surface area contributed by atoms with Crippen LogP contribution in [0.1, 0.15) is 25.5 Å². The lowest BCUT2D eigenvalue weighted by molar-refractivity contribution is 0.0952. The second kappa shape index (κ2) is 7.85. The molecular formula is C15H23N3O2. The number of amides is 1. The molecule has 1 aliphatic heterocycles. The van der Waals surface area contributed by atoms with Crippen LogP contribution in [0.25, 0.3) is 0 Å². The fourth-order valence-electron chi connectivity index (χ4n) is 2.43. The summed E-state index contributed by atoms with van der Waals surface area (Å²) in [6, 6.07) is 6.48. The fourth-order valence-corrected chi connectivity index (χ4v) is 2.43. The summed E-state index contributed by atoms with van der Waals surface area (Å²) >= 11 is 0. The van der Waals surface area contributed by atoms with E-state index >= 15 is 0 Å². The zero-order chi connectivity index (χ0) is 14.2. The number of ether oxygens (including phenoxy) is 1. The highest BCUT2D eigenvalue weighted by Crippen LogP contribution is 2.11. The van der Waals surface area contributed by atoms with Gasteiger partial charge in [0.1, 0.15) is 0 Å². The third-order valence-electron chi connectivity index (χ3n) is 3.56. The van der Waals surface area contributed by atoms with Crippen LogP contribution in [0, 0.1) is 0 Å². The van der Waals surface area contributed by atoms with Crippen molar-refractivity contribution in [2.24, 2.45) is 0 Å². The molecule has 1 amide bonds. The van der Waals surface area contributed by atoms with Crippen molar-refractivity contribution in [1.82, 2.24) is 15.2 Å². The minimum atomic E-state index is -0.181. The molecule has 0 radical (unpaired) electrons. The fraction of sp³-hybridized carbons (Fsp3) is 0.600. The maximum absolute atomic E-state index is 11.6. The molecule has 0 bridgehead atoms. The molecule has 5 nitrogen and oxygen atoms in total. The van der Waals surface area contributed by atoms with Crippen molar-refractivity contribution >= 4 is 6.09 Å². The van der Waals surface area contributed by atoms with Gasteiger partial charge in [0.2, 0.25) is 0 Å². The van der Waals surface area contributed by atoms with Gasteiger partial charge in [0.05, 0.1) is 6.61 Å². The van der Waals surface area contributed by atoms with E-state index < -0.39 is 0 Å². The molecule has 2 rings (SSSR count). The van der Waals surface area contributed by atoms with E-state index in [-0.39, 0.29) is 6.09 Å². The van der Waals surface area contributed by atoms with Gasteiger partial charge < -0.3 is 15.0 Å². The first-order valence-corrected chi connectivity index (χ1v) is 7.34. The Morgan fingerprint density at radius 1 is 1.45 bits per heavy atom. The number of hydrogen-bond acceptors (Lipinski definition) is 4. The lowest BCUT2D eigenvalue weighted by Crippen LogP contribution is -2.45. The molecule has 5 heteroatoms. The molecule has 1 fully saturated rings. The van der Waals surface area contributed by atoms with Gasteiger partial charge >= 0.3 is 6.09 Å². The van der Waals surface area contributed by atoms with Gasteiger partial charge in [0, 0.05) is 44.0 Å².